The van der Waals surface area contributed by atoms with E-state index < -0.39 is 0 Å². The van der Waals surface area contributed by atoms with Crippen molar-refractivity contribution in [3.63, 3.8) is 0 Å². The zero-order valence-electron chi connectivity index (χ0n) is 9.76. The molecule has 0 heterocycles. The Labute approximate surface area is 87.0 Å². The number of urea groups is 1. The van der Waals surface area contributed by atoms with Gasteiger partial charge in [0.1, 0.15) is 0 Å². The van der Waals surface area contributed by atoms with Gasteiger partial charge < -0.3 is 15.5 Å². The Morgan fingerprint density at radius 3 is 2.29 bits per heavy atom. The summed E-state index contributed by atoms with van der Waals surface area (Å²) in [6, 6.07) is 0.119. The molecule has 0 aromatic rings. The molecule has 1 unspecified atom stereocenters. The molecule has 0 spiro atoms. The second kappa shape index (κ2) is 7.62. The van der Waals surface area contributed by atoms with E-state index in [1.165, 1.54) is 0 Å². The fraction of sp³-hybridized carbons (Fsp3) is 0.900. The summed E-state index contributed by atoms with van der Waals surface area (Å²) in [5, 5.41) is 5.61. The molecule has 0 fully saturated rings. The van der Waals surface area contributed by atoms with Crippen LogP contribution < -0.4 is 10.6 Å². The van der Waals surface area contributed by atoms with E-state index in [1.807, 2.05) is 13.8 Å². The largest absolute Gasteiger partial charge is 0.338 e. The van der Waals surface area contributed by atoms with Gasteiger partial charge in [-0.05, 0) is 26.9 Å². The summed E-state index contributed by atoms with van der Waals surface area (Å²) in [5.74, 6) is 0. The van der Waals surface area contributed by atoms with E-state index in [1.54, 1.807) is 0 Å². The molecule has 14 heavy (non-hydrogen) atoms. The summed E-state index contributed by atoms with van der Waals surface area (Å²) in [6.45, 7) is 11.8. The molecule has 0 aliphatic carbocycles. The third kappa shape index (κ3) is 5.80. The van der Waals surface area contributed by atoms with Crippen LogP contribution in [-0.2, 0) is 0 Å². The van der Waals surface area contributed by atoms with Crippen LogP contribution in [0.3, 0.4) is 0 Å². The molecule has 0 aromatic carbocycles. The Hall–Kier alpha value is -0.770. The summed E-state index contributed by atoms with van der Waals surface area (Å²) in [7, 11) is 0. The molecule has 84 valence electrons. The minimum atomic E-state index is -0.0767. The van der Waals surface area contributed by atoms with Crippen molar-refractivity contribution in [2.24, 2.45) is 0 Å². The van der Waals surface area contributed by atoms with Gasteiger partial charge in [-0.25, -0.2) is 4.79 Å². The van der Waals surface area contributed by atoms with Gasteiger partial charge in [0, 0.05) is 19.1 Å². The Morgan fingerprint density at radius 1 is 1.29 bits per heavy atom. The number of amides is 2. The molecule has 0 radical (unpaired) electrons. The second-order valence-corrected chi connectivity index (χ2v) is 3.39. The molecule has 0 rings (SSSR count). The lowest BCUT2D eigenvalue weighted by atomic mass is 10.3. The van der Waals surface area contributed by atoms with Crippen LogP contribution in [0.4, 0.5) is 4.79 Å². The summed E-state index contributed by atoms with van der Waals surface area (Å²) in [5.41, 5.74) is 0. The lowest BCUT2D eigenvalue weighted by Crippen LogP contribution is -2.46. The lowest BCUT2D eigenvalue weighted by molar-refractivity contribution is 0.228. The van der Waals surface area contributed by atoms with E-state index in [4.69, 9.17) is 0 Å². The maximum Gasteiger partial charge on any atom is 0.315 e. The Balaban J connectivity index is 3.72. The van der Waals surface area contributed by atoms with Crippen LogP contribution in [0.1, 0.15) is 27.7 Å². The lowest BCUT2D eigenvalue weighted by Gasteiger charge is -2.23. The Morgan fingerprint density at radius 2 is 1.86 bits per heavy atom. The summed E-state index contributed by atoms with van der Waals surface area (Å²) >= 11 is 0. The third-order valence-electron chi connectivity index (χ3n) is 2.14. The van der Waals surface area contributed by atoms with Crippen LogP contribution in [0.15, 0.2) is 0 Å². The van der Waals surface area contributed by atoms with Crippen LogP contribution in [0.5, 0.6) is 0 Å². The van der Waals surface area contributed by atoms with Crippen LogP contribution in [0.25, 0.3) is 0 Å². The highest BCUT2D eigenvalue weighted by Crippen LogP contribution is 1.91. The van der Waals surface area contributed by atoms with Gasteiger partial charge in [-0.15, -0.1) is 0 Å². The molecule has 2 amide bonds. The van der Waals surface area contributed by atoms with Crippen molar-refractivity contribution in [3.05, 3.63) is 0 Å². The average Bonchev–Trinajstić information content (AvgIpc) is 2.14. The highest BCUT2D eigenvalue weighted by molar-refractivity contribution is 5.74. The van der Waals surface area contributed by atoms with Crippen molar-refractivity contribution < 1.29 is 4.79 Å². The van der Waals surface area contributed by atoms with Gasteiger partial charge >= 0.3 is 6.03 Å². The zero-order valence-corrected chi connectivity index (χ0v) is 9.76. The first-order chi connectivity index (χ1) is 6.63. The van der Waals surface area contributed by atoms with Gasteiger partial charge in [-0.1, -0.05) is 13.8 Å². The number of hydrogen-bond acceptors (Lipinski definition) is 2. The van der Waals surface area contributed by atoms with Crippen LogP contribution in [0, 0.1) is 0 Å². The van der Waals surface area contributed by atoms with Crippen LogP contribution >= 0.6 is 0 Å². The van der Waals surface area contributed by atoms with E-state index in [9.17, 15) is 4.79 Å². The molecule has 0 bridgehead atoms. The van der Waals surface area contributed by atoms with Crippen molar-refractivity contribution >= 4 is 6.03 Å². The molecule has 4 nitrogen and oxygen atoms in total. The highest BCUT2D eigenvalue weighted by Gasteiger charge is 2.08. The predicted molar refractivity (Wildman–Crippen MR) is 59.5 cm³/mol. The van der Waals surface area contributed by atoms with Crippen molar-refractivity contribution in [3.8, 4) is 0 Å². The third-order valence-corrected chi connectivity index (χ3v) is 2.14. The topological polar surface area (TPSA) is 44.4 Å². The first-order valence-electron chi connectivity index (χ1n) is 5.40. The molecular weight excluding hydrogens is 178 g/mol. The van der Waals surface area contributed by atoms with Gasteiger partial charge in [0.15, 0.2) is 0 Å². The maximum atomic E-state index is 11.2. The molecule has 0 saturated carbocycles. The van der Waals surface area contributed by atoms with E-state index in [2.05, 4.69) is 29.4 Å². The monoisotopic (exact) mass is 201 g/mol. The van der Waals surface area contributed by atoms with Gasteiger partial charge in [0.25, 0.3) is 0 Å². The van der Waals surface area contributed by atoms with Gasteiger partial charge in [0.05, 0.1) is 0 Å². The summed E-state index contributed by atoms with van der Waals surface area (Å²) < 4.78 is 0. The summed E-state index contributed by atoms with van der Waals surface area (Å²) in [6.07, 6.45) is 0. The number of carbonyl (C=O) groups excluding carboxylic acids is 1. The smallest absolute Gasteiger partial charge is 0.315 e. The fourth-order valence-corrected chi connectivity index (χ4v) is 1.35. The van der Waals surface area contributed by atoms with Crippen LogP contribution in [-0.4, -0.2) is 43.2 Å². The van der Waals surface area contributed by atoms with Crippen molar-refractivity contribution in [2.75, 3.05) is 26.2 Å². The SMILES string of the molecule is CCNC(=O)NC(C)CN(CC)CC. The number of carbonyl (C=O) groups is 1. The number of likely N-dealkylation sites (N-methyl/N-ethyl adjacent to an activating group) is 1. The Bertz CT molecular complexity index is 157. The fourth-order valence-electron chi connectivity index (χ4n) is 1.35. The van der Waals surface area contributed by atoms with Gasteiger partial charge in [-0.3, -0.25) is 0 Å². The predicted octanol–water partition coefficient (Wildman–Crippen LogP) is 1.04. The van der Waals surface area contributed by atoms with Crippen molar-refractivity contribution in [2.45, 2.75) is 33.7 Å². The molecule has 0 aliphatic rings. The quantitative estimate of drug-likeness (QED) is 0.674. The first kappa shape index (κ1) is 13.2. The normalized spacial score (nSPS) is 12.6. The highest BCUT2D eigenvalue weighted by atomic mass is 16.2. The van der Waals surface area contributed by atoms with Crippen molar-refractivity contribution in [1.29, 1.82) is 0 Å². The maximum absolute atomic E-state index is 11.2. The van der Waals surface area contributed by atoms with Crippen LogP contribution in [0.2, 0.25) is 0 Å². The zero-order chi connectivity index (χ0) is 11.0. The minimum Gasteiger partial charge on any atom is -0.338 e. The average molecular weight is 201 g/mol. The second-order valence-electron chi connectivity index (χ2n) is 3.39. The van der Waals surface area contributed by atoms with Crippen molar-refractivity contribution in [1.82, 2.24) is 15.5 Å². The minimum absolute atomic E-state index is 0.0767. The molecule has 0 aromatic heterocycles. The molecule has 2 N–H and O–H groups in total. The van der Waals surface area contributed by atoms with E-state index in [0.29, 0.717) is 6.54 Å². The molecule has 0 saturated heterocycles. The summed E-state index contributed by atoms with van der Waals surface area (Å²) in [4.78, 5) is 13.5. The van der Waals surface area contributed by atoms with E-state index in [-0.39, 0.29) is 12.1 Å². The van der Waals surface area contributed by atoms with Gasteiger partial charge in [0.2, 0.25) is 0 Å². The Kier molecular flexibility index (Phi) is 7.20. The molecule has 0 aliphatic heterocycles. The standard InChI is InChI=1S/C10H23N3O/c1-5-11-10(14)12-9(4)8-13(6-2)7-3/h9H,5-8H2,1-4H3,(H2,11,12,14). The van der Waals surface area contributed by atoms with Gasteiger partial charge in [-0.2, -0.15) is 0 Å². The first-order valence-corrected chi connectivity index (χ1v) is 5.40. The number of hydrogen-bond donors (Lipinski definition) is 2. The van der Waals surface area contributed by atoms with E-state index in [0.717, 1.165) is 19.6 Å². The number of rotatable bonds is 6. The number of nitrogens with one attached hydrogen (secondary N) is 2. The molecular formula is C10H23N3O. The van der Waals surface area contributed by atoms with E-state index >= 15 is 0 Å². The molecule has 1 atom stereocenters. The number of nitrogens with zero attached hydrogens (tertiary/aromatic N) is 1. The molecule has 4 heteroatoms.